The highest BCUT2D eigenvalue weighted by atomic mass is 16.7. The molecule has 2 aromatic carbocycles. The Morgan fingerprint density at radius 1 is 0.970 bits per heavy atom. The van der Waals surface area contributed by atoms with Gasteiger partial charge in [0.15, 0.2) is 5.79 Å². The van der Waals surface area contributed by atoms with Crippen LogP contribution in [0, 0.1) is 11.3 Å². The van der Waals surface area contributed by atoms with Gasteiger partial charge in [-0.2, -0.15) is 0 Å². The fourth-order valence-corrected chi connectivity index (χ4v) is 7.39. The normalized spacial score (nSPS) is 27.4. The minimum Gasteiger partial charge on any atom is -0.494 e. The zero-order valence-corrected chi connectivity index (χ0v) is 19.9. The maximum atomic E-state index is 6.50. The van der Waals surface area contributed by atoms with Gasteiger partial charge < -0.3 is 14.2 Å². The highest BCUT2D eigenvalue weighted by Gasteiger charge is 2.65. The van der Waals surface area contributed by atoms with Crippen LogP contribution >= 0.6 is 0 Å². The van der Waals surface area contributed by atoms with E-state index >= 15 is 0 Å². The maximum absolute atomic E-state index is 6.50. The average Bonchev–Trinajstić information content (AvgIpc) is 3.48. The number of hydrogen-bond donors (Lipinski definition) is 0. The van der Waals surface area contributed by atoms with Crippen LogP contribution in [0.25, 0.3) is 5.57 Å². The molecule has 3 heteroatoms. The Hall–Kier alpha value is -2.10. The molecule has 3 aliphatic carbocycles. The van der Waals surface area contributed by atoms with Crippen molar-refractivity contribution < 1.29 is 14.2 Å². The number of ether oxygens (including phenoxy) is 3. The molecule has 3 nitrogen and oxygen atoms in total. The molecule has 2 atom stereocenters. The average molecular weight is 445 g/mol. The first kappa shape index (κ1) is 21.4. The van der Waals surface area contributed by atoms with E-state index in [2.05, 4.69) is 55.5 Å². The van der Waals surface area contributed by atoms with Crippen molar-refractivity contribution in [1.29, 1.82) is 0 Å². The summed E-state index contributed by atoms with van der Waals surface area (Å²) in [6, 6.07) is 17.8. The minimum atomic E-state index is -0.372. The molecule has 1 saturated carbocycles. The van der Waals surface area contributed by atoms with Gasteiger partial charge in [-0.1, -0.05) is 48.9 Å². The predicted molar refractivity (Wildman–Crippen MR) is 131 cm³/mol. The smallest absolute Gasteiger partial charge is 0.174 e. The first-order valence-corrected chi connectivity index (χ1v) is 13.0. The van der Waals surface area contributed by atoms with Crippen molar-refractivity contribution in [2.24, 2.45) is 11.3 Å². The molecule has 0 radical (unpaired) electrons. The third-order valence-corrected chi connectivity index (χ3v) is 8.81. The van der Waals surface area contributed by atoms with E-state index in [0.29, 0.717) is 5.92 Å². The largest absolute Gasteiger partial charge is 0.494 e. The van der Waals surface area contributed by atoms with E-state index in [1.165, 1.54) is 29.5 Å². The molecular weight excluding hydrogens is 408 g/mol. The molecule has 0 aromatic heterocycles. The zero-order chi connectivity index (χ0) is 22.3. The van der Waals surface area contributed by atoms with Crippen LogP contribution in [0.15, 0.2) is 54.1 Å². The van der Waals surface area contributed by atoms with Crippen LogP contribution in [0.2, 0.25) is 0 Å². The zero-order valence-electron chi connectivity index (χ0n) is 19.9. The highest BCUT2D eigenvalue weighted by Crippen LogP contribution is 2.66. The predicted octanol–water partition coefficient (Wildman–Crippen LogP) is 6.74. The van der Waals surface area contributed by atoms with Crippen molar-refractivity contribution in [2.75, 3.05) is 19.8 Å². The molecule has 1 heterocycles. The molecule has 1 saturated heterocycles. The lowest BCUT2D eigenvalue weighted by atomic mass is 9.58. The summed E-state index contributed by atoms with van der Waals surface area (Å²) in [6.07, 6.45) is 10.1. The van der Waals surface area contributed by atoms with Crippen LogP contribution < -0.4 is 4.74 Å². The summed E-state index contributed by atoms with van der Waals surface area (Å²) in [6.45, 7) is 4.44. The van der Waals surface area contributed by atoms with Gasteiger partial charge in [0.2, 0.25) is 0 Å². The summed E-state index contributed by atoms with van der Waals surface area (Å²) in [5.74, 6) is 1.23. The molecule has 174 valence electrons. The molecule has 6 rings (SSSR count). The Kier molecular flexibility index (Phi) is 5.58. The molecular formula is C30H36O3. The van der Waals surface area contributed by atoms with E-state index < -0.39 is 0 Å². The van der Waals surface area contributed by atoms with Crippen molar-refractivity contribution >= 4 is 5.57 Å². The Balaban J connectivity index is 1.35. The van der Waals surface area contributed by atoms with Crippen LogP contribution in [0.3, 0.4) is 0 Å². The highest BCUT2D eigenvalue weighted by molar-refractivity contribution is 5.75. The van der Waals surface area contributed by atoms with Crippen molar-refractivity contribution in [3.63, 3.8) is 0 Å². The third-order valence-electron chi connectivity index (χ3n) is 8.81. The summed E-state index contributed by atoms with van der Waals surface area (Å²) >= 11 is 0. The van der Waals surface area contributed by atoms with E-state index in [1.807, 2.05) is 0 Å². The SMILES string of the molecule is CCCOc1ccc2c(c1)CCC1=C2CC[C@@]2(CCc3ccccc3)[C@H]1CCC21OCCO1. The Bertz CT molecular complexity index is 1030. The van der Waals surface area contributed by atoms with E-state index in [-0.39, 0.29) is 11.2 Å². The van der Waals surface area contributed by atoms with Crippen LogP contribution in [0.1, 0.15) is 68.6 Å². The Morgan fingerprint density at radius 3 is 2.64 bits per heavy atom. The van der Waals surface area contributed by atoms with E-state index in [9.17, 15) is 0 Å². The van der Waals surface area contributed by atoms with Crippen molar-refractivity contribution in [2.45, 2.75) is 70.5 Å². The van der Waals surface area contributed by atoms with Gasteiger partial charge in [0.1, 0.15) is 5.75 Å². The number of allylic oxidation sites excluding steroid dienone is 2. The summed E-state index contributed by atoms with van der Waals surface area (Å²) in [5, 5.41) is 0. The van der Waals surface area contributed by atoms with Gasteiger partial charge in [0.25, 0.3) is 0 Å². The summed E-state index contributed by atoms with van der Waals surface area (Å²) in [4.78, 5) is 0. The Morgan fingerprint density at radius 2 is 1.82 bits per heavy atom. The second-order valence-electron chi connectivity index (χ2n) is 10.4. The Labute approximate surface area is 198 Å². The molecule has 0 N–H and O–H groups in total. The van der Waals surface area contributed by atoms with Crippen molar-refractivity contribution in [3.05, 3.63) is 70.8 Å². The first-order chi connectivity index (χ1) is 16.2. The van der Waals surface area contributed by atoms with Crippen LogP contribution in [0.4, 0.5) is 0 Å². The molecule has 0 unspecified atom stereocenters. The van der Waals surface area contributed by atoms with Crippen LogP contribution in [0.5, 0.6) is 5.75 Å². The third kappa shape index (κ3) is 3.47. The molecule has 2 aromatic rings. The summed E-state index contributed by atoms with van der Waals surface area (Å²) in [5.41, 5.74) is 7.80. The fraction of sp³-hybridized carbons (Fsp3) is 0.533. The second kappa shape index (κ2) is 8.60. The van der Waals surface area contributed by atoms with Gasteiger partial charge in [0, 0.05) is 11.8 Å². The number of fused-ring (bicyclic) bond motifs is 5. The molecule has 33 heavy (non-hydrogen) atoms. The van der Waals surface area contributed by atoms with Crippen LogP contribution in [-0.2, 0) is 22.3 Å². The second-order valence-corrected chi connectivity index (χ2v) is 10.4. The van der Waals surface area contributed by atoms with Gasteiger partial charge in [-0.05, 0) is 91.7 Å². The van der Waals surface area contributed by atoms with E-state index in [4.69, 9.17) is 14.2 Å². The topological polar surface area (TPSA) is 27.7 Å². The summed E-state index contributed by atoms with van der Waals surface area (Å²) in [7, 11) is 0. The van der Waals surface area contributed by atoms with Gasteiger partial charge in [-0.3, -0.25) is 0 Å². The van der Waals surface area contributed by atoms with Gasteiger partial charge in [-0.15, -0.1) is 0 Å². The van der Waals surface area contributed by atoms with E-state index in [0.717, 1.165) is 70.5 Å². The van der Waals surface area contributed by atoms with Gasteiger partial charge in [-0.25, -0.2) is 0 Å². The summed E-state index contributed by atoms with van der Waals surface area (Å²) < 4.78 is 18.9. The van der Waals surface area contributed by atoms with Crippen LogP contribution in [-0.4, -0.2) is 25.6 Å². The molecule has 0 amide bonds. The number of benzene rings is 2. The van der Waals surface area contributed by atoms with Crippen molar-refractivity contribution in [3.8, 4) is 5.75 Å². The maximum Gasteiger partial charge on any atom is 0.174 e. The fourth-order valence-electron chi connectivity index (χ4n) is 7.39. The molecule has 1 spiro atoms. The molecule has 4 aliphatic rings. The van der Waals surface area contributed by atoms with Crippen molar-refractivity contribution in [1.82, 2.24) is 0 Å². The van der Waals surface area contributed by atoms with Gasteiger partial charge in [0.05, 0.1) is 19.8 Å². The quantitative estimate of drug-likeness (QED) is 0.494. The minimum absolute atomic E-state index is 0.0971. The number of rotatable bonds is 6. The molecule has 2 fully saturated rings. The molecule has 1 aliphatic heterocycles. The lowest BCUT2D eigenvalue weighted by Gasteiger charge is -2.50. The number of aryl methyl sites for hydroxylation is 2. The first-order valence-electron chi connectivity index (χ1n) is 13.0. The standard InChI is InChI=1S/C30H36O3/c1-2-18-31-24-9-11-25-23(21-24)8-10-27-26(25)13-16-29(15-12-22-6-4-3-5-7-22)28(27)14-17-30(29)32-19-20-33-30/h3-7,9,11,21,28H,2,8,10,12-20H2,1H3/t28-,29-/m0/s1. The van der Waals surface area contributed by atoms with Gasteiger partial charge >= 0.3 is 0 Å². The lowest BCUT2D eigenvalue weighted by molar-refractivity contribution is -0.233. The molecule has 0 bridgehead atoms. The monoisotopic (exact) mass is 444 g/mol. The lowest BCUT2D eigenvalue weighted by Crippen LogP contribution is -2.50. The number of hydrogen-bond acceptors (Lipinski definition) is 3. The van der Waals surface area contributed by atoms with E-state index in [1.54, 1.807) is 11.1 Å².